The van der Waals surface area contributed by atoms with Crippen LogP contribution in [0.4, 0.5) is 4.79 Å². The van der Waals surface area contributed by atoms with E-state index in [-0.39, 0.29) is 19.0 Å². The molecule has 0 bridgehead atoms. The number of nitrogens with zero attached hydrogens (tertiary/aromatic N) is 1. The molecule has 0 aliphatic heterocycles. The van der Waals surface area contributed by atoms with Crippen molar-refractivity contribution >= 4 is 34.6 Å². The number of furan rings is 1. The Morgan fingerprint density at radius 3 is 2.19 bits per heavy atom. The topological polar surface area (TPSA) is 74.6 Å². The molecule has 3 aromatic heterocycles. The molecule has 0 radical (unpaired) electrons. The third-order valence-electron chi connectivity index (χ3n) is 3.61. The van der Waals surface area contributed by atoms with Gasteiger partial charge in [0.05, 0.1) is 32.4 Å². The molecule has 6 nitrogen and oxygen atoms in total. The fourth-order valence-electron chi connectivity index (χ4n) is 2.32. The number of thiophene rings is 2. The predicted octanol–water partition coefficient (Wildman–Crippen LogP) is 3.43. The molecule has 0 saturated heterocycles. The normalized spacial score (nSPS) is 10.5. The SMILES string of the molecule is O=C(NCC(=O)N(Cc1cccs1)Cc1cccs1)NCc1ccco1. The third kappa shape index (κ3) is 5.47. The summed E-state index contributed by atoms with van der Waals surface area (Å²) in [4.78, 5) is 28.4. The molecule has 0 aliphatic carbocycles. The lowest BCUT2D eigenvalue weighted by atomic mass is 10.3. The fourth-order valence-corrected chi connectivity index (χ4v) is 3.76. The van der Waals surface area contributed by atoms with Crippen LogP contribution in [0, 0.1) is 0 Å². The third-order valence-corrected chi connectivity index (χ3v) is 5.33. The standard InChI is InChI=1S/C18H19N3O3S2/c22-17(11-20-18(23)19-10-14-4-1-7-24-14)21(12-15-5-2-8-25-15)13-16-6-3-9-26-16/h1-9H,10-13H2,(H2,19,20,23). The van der Waals surface area contributed by atoms with Gasteiger partial charge in [-0.05, 0) is 35.0 Å². The summed E-state index contributed by atoms with van der Waals surface area (Å²) in [6.07, 6.45) is 1.55. The van der Waals surface area contributed by atoms with Gasteiger partial charge in [0, 0.05) is 9.75 Å². The number of hydrogen-bond acceptors (Lipinski definition) is 5. The van der Waals surface area contributed by atoms with E-state index in [1.54, 1.807) is 46.0 Å². The lowest BCUT2D eigenvalue weighted by Gasteiger charge is -2.22. The van der Waals surface area contributed by atoms with Gasteiger partial charge in [-0.15, -0.1) is 22.7 Å². The van der Waals surface area contributed by atoms with Crippen LogP contribution in [-0.4, -0.2) is 23.4 Å². The zero-order valence-corrected chi connectivity index (χ0v) is 15.6. The second-order valence-corrected chi connectivity index (χ2v) is 7.59. The van der Waals surface area contributed by atoms with Gasteiger partial charge in [-0.1, -0.05) is 12.1 Å². The Morgan fingerprint density at radius 2 is 1.65 bits per heavy atom. The van der Waals surface area contributed by atoms with Crippen molar-refractivity contribution in [1.82, 2.24) is 15.5 Å². The van der Waals surface area contributed by atoms with Crippen molar-refractivity contribution < 1.29 is 14.0 Å². The fraction of sp³-hybridized carbons (Fsp3) is 0.222. The summed E-state index contributed by atoms with van der Waals surface area (Å²) in [6.45, 7) is 1.29. The second-order valence-electron chi connectivity index (χ2n) is 5.52. The molecule has 8 heteroatoms. The number of carbonyl (C=O) groups excluding carboxylic acids is 2. The van der Waals surface area contributed by atoms with Crippen LogP contribution in [0.25, 0.3) is 0 Å². The molecule has 136 valence electrons. The minimum absolute atomic E-state index is 0.0548. The Morgan fingerprint density at radius 1 is 0.962 bits per heavy atom. The van der Waals surface area contributed by atoms with Crippen molar-refractivity contribution in [2.45, 2.75) is 19.6 Å². The molecule has 0 unspecified atom stereocenters. The number of hydrogen-bond donors (Lipinski definition) is 2. The van der Waals surface area contributed by atoms with Crippen molar-refractivity contribution in [3.63, 3.8) is 0 Å². The van der Waals surface area contributed by atoms with E-state index in [1.807, 2.05) is 35.0 Å². The van der Waals surface area contributed by atoms with E-state index in [9.17, 15) is 9.59 Å². The van der Waals surface area contributed by atoms with Crippen LogP contribution >= 0.6 is 22.7 Å². The van der Waals surface area contributed by atoms with Gasteiger partial charge in [0.2, 0.25) is 5.91 Å². The number of rotatable bonds is 8. The van der Waals surface area contributed by atoms with Crippen molar-refractivity contribution in [3.05, 3.63) is 68.9 Å². The van der Waals surface area contributed by atoms with Crippen molar-refractivity contribution in [2.24, 2.45) is 0 Å². The van der Waals surface area contributed by atoms with Crippen molar-refractivity contribution in [3.8, 4) is 0 Å². The van der Waals surface area contributed by atoms with Crippen LogP contribution in [0.5, 0.6) is 0 Å². The van der Waals surface area contributed by atoms with Crippen LogP contribution in [0.3, 0.4) is 0 Å². The molecule has 26 heavy (non-hydrogen) atoms. The Kier molecular flexibility index (Phi) is 6.45. The highest BCUT2D eigenvalue weighted by Crippen LogP contribution is 2.17. The molecule has 0 fully saturated rings. The summed E-state index contributed by atoms with van der Waals surface area (Å²) >= 11 is 3.22. The molecule has 0 saturated carbocycles. The number of nitrogens with one attached hydrogen (secondary N) is 2. The first kappa shape index (κ1) is 18.2. The molecule has 3 amide bonds. The van der Waals surface area contributed by atoms with E-state index in [1.165, 1.54) is 0 Å². The highest BCUT2D eigenvalue weighted by Gasteiger charge is 2.16. The van der Waals surface area contributed by atoms with Gasteiger partial charge in [0.1, 0.15) is 5.76 Å². The van der Waals surface area contributed by atoms with Crippen LogP contribution < -0.4 is 10.6 Å². The van der Waals surface area contributed by atoms with Gasteiger partial charge < -0.3 is 20.0 Å². The first-order valence-corrected chi connectivity index (χ1v) is 9.83. The summed E-state index contributed by atoms with van der Waals surface area (Å²) in [5, 5.41) is 9.25. The summed E-state index contributed by atoms with van der Waals surface area (Å²) in [6, 6.07) is 11.1. The molecule has 3 heterocycles. The molecule has 0 atom stereocenters. The maximum atomic E-state index is 12.6. The summed E-state index contributed by atoms with van der Waals surface area (Å²) < 4.78 is 5.15. The van der Waals surface area contributed by atoms with Gasteiger partial charge in [0.25, 0.3) is 0 Å². The molecule has 2 N–H and O–H groups in total. The van der Waals surface area contributed by atoms with Crippen LogP contribution in [0.15, 0.2) is 57.8 Å². The van der Waals surface area contributed by atoms with Crippen LogP contribution in [-0.2, 0) is 24.4 Å². The average molecular weight is 390 g/mol. The molecular weight excluding hydrogens is 370 g/mol. The van der Waals surface area contributed by atoms with Gasteiger partial charge >= 0.3 is 6.03 Å². The molecule has 3 aromatic rings. The highest BCUT2D eigenvalue weighted by atomic mass is 32.1. The van der Waals surface area contributed by atoms with E-state index in [2.05, 4.69) is 10.6 Å². The zero-order chi connectivity index (χ0) is 18.2. The lowest BCUT2D eigenvalue weighted by molar-refractivity contribution is -0.131. The Hall–Kier alpha value is -2.58. The Balaban J connectivity index is 1.51. The minimum atomic E-state index is -0.401. The molecular formula is C18H19N3O3S2. The number of urea groups is 1. The van der Waals surface area contributed by atoms with Crippen molar-refractivity contribution in [1.29, 1.82) is 0 Å². The summed E-state index contributed by atoms with van der Waals surface area (Å²) in [5.74, 6) is 0.531. The van der Waals surface area contributed by atoms with E-state index >= 15 is 0 Å². The first-order valence-electron chi connectivity index (χ1n) is 8.07. The van der Waals surface area contributed by atoms with Gasteiger partial charge in [-0.3, -0.25) is 4.79 Å². The number of amides is 3. The Bertz CT molecular complexity index is 763. The quantitative estimate of drug-likeness (QED) is 0.620. The summed E-state index contributed by atoms with van der Waals surface area (Å²) in [5.41, 5.74) is 0. The first-order chi connectivity index (χ1) is 12.7. The van der Waals surface area contributed by atoms with Crippen LogP contribution in [0.2, 0.25) is 0 Å². The van der Waals surface area contributed by atoms with E-state index in [0.29, 0.717) is 18.8 Å². The van der Waals surface area contributed by atoms with Crippen LogP contribution in [0.1, 0.15) is 15.5 Å². The summed E-state index contributed by atoms with van der Waals surface area (Å²) in [7, 11) is 0. The smallest absolute Gasteiger partial charge is 0.315 e. The highest BCUT2D eigenvalue weighted by molar-refractivity contribution is 7.10. The average Bonchev–Trinajstić information content (AvgIpc) is 3.40. The monoisotopic (exact) mass is 389 g/mol. The number of carbonyl (C=O) groups is 2. The maximum absolute atomic E-state index is 12.6. The molecule has 0 aliphatic rings. The molecule has 3 rings (SSSR count). The van der Waals surface area contributed by atoms with Gasteiger partial charge in [-0.25, -0.2) is 4.79 Å². The minimum Gasteiger partial charge on any atom is -0.467 e. The predicted molar refractivity (Wildman–Crippen MR) is 102 cm³/mol. The van der Waals surface area contributed by atoms with Crippen molar-refractivity contribution in [2.75, 3.05) is 6.54 Å². The van der Waals surface area contributed by atoms with E-state index < -0.39 is 6.03 Å². The van der Waals surface area contributed by atoms with E-state index in [0.717, 1.165) is 9.75 Å². The zero-order valence-electron chi connectivity index (χ0n) is 14.0. The molecule has 0 aromatic carbocycles. The van der Waals surface area contributed by atoms with E-state index in [4.69, 9.17) is 4.42 Å². The van der Waals surface area contributed by atoms with Gasteiger partial charge in [0.15, 0.2) is 0 Å². The maximum Gasteiger partial charge on any atom is 0.315 e. The van der Waals surface area contributed by atoms with Gasteiger partial charge in [-0.2, -0.15) is 0 Å². The largest absolute Gasteiger partial charge is 0.467 e. The Labute approximate surface area is 159 Å². The second kappa shape index (κ2) is 9.21. The molecule has 0 spiro atoms. The lowest BCUT2D eigenvalue weighted by Crippen LogP contribution is -2.43.